The molecule has 1 spiro atoms. The lowest BCUT2D eigenvalue weighted by molar-refractivity contribution is 0.0608. The van der Waals surface area contributed by atoms with E-state index in [2.05, 4.69) is 18.8 Å². The number of amidine groups is 1. The molecular formula is C13H23N3O2. The predicted molar refractivity (Wildman–Crippen MR) is 70.5 cm³/mol. The first-order chi connectivity index (χ1) is 8.52. The third-order valence-electron chi connectivity index (χ3n) is 4.46. The Balaban J connectivity index is 2.30. The van der Waals surface area contributed by atoms with Gasteiger partial charge in [0.05, 0.1) is 6.61 Å². The molecule has 0 aromatic rings. The fraction of sp³-hybridized carbons (Fsp3) is 0.846. The highest BCUT2D eigenvalue weighted by Crippen LogP contribution is 2.43. The number of rotatable bonds is 3. The molecular weight excluding hydrogens is 230 g/mol. The fourth-order valence-corrected chi connectivity index (χ4v) is 3.39. The summed E-state index contributed by atoms with van der Waals surface area (Å²) in [7, 11) is 1.64. The van der Waals surface area contributed by atoms with E-state index in [1.165, 1.54) is 6.42 Å². The summed E-state index contributed by atoms with van der Waals surface area (Å²) in [6.45, 7) is 5.48. The molecule has 2 aliphatic rings. The first-order valence-electron chi connectivity index (χ1n) is 6.67. The smallest absolute Gasteiger partial charge is 0.346 e. The lowest BCUT2D eigenvalue weighted by Gasteiger charge is -2.47. The number of nitrogens with two attached hydrogens (primary N) is 1. The van der Waals surface area contributed by atoms with Gasteiger partial charge in [-0.25, -0.2) is 4.79 Å². The van der Waals surface area contributed by atoms with Crippen molar-refractivity contribution in [3.05, 3.63) is 0 Å². The van der Waals surface area contributed by atoms with Gasteiger partial charge in [0.2, 0.25) is 0 Å². The molecule has 102 valence electrons. The van der Waals surface area contributed by atoms with Crippen LogP contribution < -0.4 is 5.73 Å². The van der Waals surface area contributed by atoms with Crippen molar-refractivity contribution in [2.45, 2.75) is 38.6 Å². The van der Waals surface area contributed by atoms with Crippen LogP contribution in [-0.4, -0.2) is 42.6 Å². The van der Waals surface area contributed by atoms with Gasteiger partial charge < -0.3 is 15.4 Å². The van der Waals surface area contributed by atoms with Gasteiger partial charge in [-0.05, 0) is 24.7 Å². The summed E-state index contributed by atoms with van der Waals surface area (Å²) in [4.78, 5) is 17.9. The van der Waals surface area contributed by atoms with Gasteiger partial charge in [0, 0.05) is 13.7 Å². The standard InChI is InChI=1S/C13H23N3O2/c1-9-4-5-10(2)13(8-9)11(14)15-12(17)16(13)6-7-18-3/h9-10H,4-8H2,1-3H3,(H2,14,15,17). The van der Waals surface area contributed by atoms with Crippen molar-refractivity contribution in [3.8, 4) is 0 Å². The molecule has 2 N–H and O–H groups in total. The van der Waals surface area contributed by atoms with Crippen LogP contribution in [0.5, 0.6) is 0 Å². The summed E-state index contributed by atoms with van der Waals surface area (Å²) < 4.78 is 5.10. The quantitative estimate of drug-likeness (QED) is 0.831. The number of carbonyl (C=O) groups excluding carboxylic acids is 1. The summed E-state index contributed by atoms with van der Waals surface area (Å²) in [6.07, 6.45) is 3.20. The van der Waals surface area contributed by atoms with Crippen molar-refractivity contribution < 1.29 is 9.53 Å². The van der Waals surface area contributed by atoms with Gasteiger partial charge in [0.25, 0.3) is 0 Å². The van der Waals surface area contributed by atoms with Gasteiger partial charge >= 0.3 is 6.03 Å². The highest BCUT2D eigenvalue weighted by atomic mass is 16.5. The minimum absolute atomic E-state index is 0.203. The van der Waals surface area contributed by atoms with Crippen LogP contribution in [0.1, 0.15) is 33.1 Å². The van der Waals surface area contributed by atoms with Gasteiger partial charge in [-0.2, -0.15) is 4.99 Å². The van der Waals surface area contributed by atoms with E-state index in [0.29, 0.717) is 30.8 Å². The van der Waals surface area contributed by atoms with Crippen LogP contribution in [0.25, 0.3) is 0 Å². The lowest BCUT2D eigenvalue weighted by Crippen LogP contribution is -2.61. The van der Waals surface area contributed by atoms with Gasteiger partial charge in [-0.15, -0.1) is 0 Å². The third kappa shape index (κ3) is 1.90. The number of carbonyl (C=O) groups is 1. The normalized spacial score (nSPS) is 36.3. The molecule has 0 radical (unpaired) electrons. The first-order valence-corrected chi connectivity index (χ1v) is 6.67. The Morgan fingerprint density at radius 1 is 1.50 bits per heavy atom. The van der Waals surface area contributed by atoms with E-state index in [1.54, 1.807) is 7.11 Å². The highest BCUT2D eigenvalue weighted by molar-refractivity contribution is 6.06. The highest BCUT2D eigenvalue weighted by Gasteiger charge is 2.53. The molecule has 18 heavy (non-hydrogen) atoms. The summed E-state index contributed by atoms with van der Waals surface area (Å²) in [5.41, 5.74) is 5.73. The maximum Gasteiger partial charge on any atom is 0.346 e. The second-order valence-corrected chi connectivity index (χ2v) is 5.64. The van der Waals surface area contributed by atoms with Crippen LogP contribution in [0.2, 0.25) is 0 Å². The number of methoxy groups -OCH3 is 1. The number of ether oxygens (including phenoxy) is 1. The van der Waals surface area contributed by atoms with Gasteiger partial charge in [-0.3, -0.25) is 0 Å². The molecule has 1 aliphatic heterocycles. The molecule has 0 aromatic heterocycles. The number of hydrogen-bond acceptors (Lipinski definition) is 3. The van der Waals surface area contributed by atoms with E-state index in [-0.39, 0.29) is 11.6 Å². The van der Waals surface area contributed by atoms with Crippen molar-refractivity contribution >= 4 is 11.9 Å². The second-order valence-electron chi connectivity index (χ2n) is 5.64. The summed E-state index contributed by atoms with van der Waals surface area (Å²) in [5, 5.41) is 0. The monoisotopic (exact) mass is 253 g/mol. The largest absolute Gasteiger partial charge is 0.385 e. The van der Waals surface area contributed by atoms with Gasteiger partial charge in [0.1, 0.15) is 11.4 Å². The lowest BCUT2D eigenvalue weighted by atomic mass is 9.68. The molecule has 1 aliphatic carbocycles. The van der Waals surface area contributed by atoms with Crippen LogP contribution in [-0.2, 0) is 4.74 Å². The van der Waals surface area contributed by atoms with Crippen molar-refractivity contribution in [2.24, 2.45) is 22.6 Å². The van der Waals surface area contributed by atoms with E-state index in [1.807, 2.05) is 4.90 Å². The average Bonchev–Trinajstić information content (AvgIpc) is 2.55. The molecule has 0 bridgehead atoms. The Hall–Kier alpha value is -1.10. The SMILES string of the molecule is COCCN1C(=O)N=C(N)C12CC(C)CCC2C. The Labute approximate surface area is 108 Å². The fourth-order valence-electron chi connectivity index (χ4n) is 3.39. The maximum absolute atomic E-state index is 12.0. The molecule has 0 aromatic carbocycles. The second kappa shape index (κ2) is 4.88. The molecule has 1 fully saturated rings. The minimum Gasteiger partial charge on any atom is -0.385 e. The molecule has 5 heteroatoms. The molecule has 2 amide bonds. The first kappa shape index (κ1) is 13.3. The number of nitrogens with zero attached hydrogens (tertiary/aromatic N) is 2. The average molecular weight is 253 g/mol. The summed E-state index contributed by atoms with van der Waals surface area (Å²) in [6, 6.07) is -0.203. The Kier molecular flexibility index (Phi) is 3.61. The molecule has 5 nitrogen and oxygen atoms in total. The van der Waals surface area contributed by atoms with Crippen molar-refractivity contribution in [2.75, 3.05) is 20.3 Å². The van der Waals surface area contributed by atoms with Gasteiger partial charge in [0.15, 0.2) is 0 Å². The van der Waals surface area contributed by atoms with E-state index in [4.69, 9.17) is 10.5 Å². The zero-order valence-electron chi connectivity index (χ0n) is 11.5. The molecule has 1 heterocycles. The van der Waals surface area contributed by atoms with E-state index in [9.17, 15) is 4.79 Å². The topological polar surface area (TPSA) is 67.9 Å². The molecule has 3 unspecified atom stereocenters. The van der Waals surface area contributed by atoms with Crippen molar-refractivity contribution in [3.63, 3.8) is 0 Å². The number of amides is 2. The Morgan fingerprint density at radius 2 is 2.22 bits per heavy atom. The van der Waals surface area contributed by atoms with E-state index >= 15 is 0 Å². The summed E-state index contributed by atoms with van der Waals surface area (Å²) >= 11 is 0. The molecule has 2 rings (SSSR count). The number of aliphatic imine (C=N–C) groups is 1. The molecule has 3 atom stereocenters. The van der Waals surface area contributed by atoms with E-state index in [0.717, 1.165) is 12.8 Å². The van der Waals surface area contributed by atoms with Crippen molar-refractivity contribution in [1.82, 2.24) is 4.90 Å². The third-order valence-corrected chi connectivity index (χ3v) is 4.46. The van der Waals surface area contributed by atoms with Crippen LogP contribution >= 0.6 is 0 Å². The minimum atomic E-state index is -0.368. The van der Waals surface area contributed by atoms with Crippen LogP contribution in [0, 0.1) is 11.8 Å². The van der Waals surface area contributed by atoms with Crippen molar-refractivity contribution in [1.29, 1.82) is 0 Å². The molecule has 0 saturated heterocycles. The Morgan fingerprint density at radius 3 is 2.89 bits per heavy atom. The zero-order chi connectivity index (χ0) is 13.3. The zero-order valence-corrected chi connectivity index (χ0v) is 11.5. The van der Waals surface area contributed by atoms with Crippen LogP contribution in [0.4, 0.5) is 4.79 Å². The maximum atomic E-state index is 12.0. The number of urea groups is 1. The van der Waals surface area contributed by atoms with Crippen LogP contribution in [0.3, 0.4) is 0 Å². The predicted octanol–water partition coefficient (Wildman–Crippen LogP) is 1.62. The van der Waals surface area contributed by atoms with Gasteiger partial charge in [-0.1, -0.05) is 20.3 Å². The van der Waals surface area contributed by atoms with Crippen LogP contribution in [0.15, 0.2) is 4.99 Å². The molecule has 1 saturated carbocycles. The Bertz CT molecular complexity index is 369. The summed E-state index contributed by atoms with van der Waals surface area (Å²) in [5.74, 6) is 1.44. The number of hydrogen-bond donors (Lipinski definition) is 1. The van der Waals surface area contributed by atoms with E-state index < -0.39 is 0 Å².